The van der Waals surface area contributed by atoms with Crippen molar-refractivity contribution in [1.82, 2.24) is 5.32 Å². The third kappa shape index (κ3) is 3.84. The highest BCUT2D eigenvalue weighted by Gasteiger charge is 2.12. The minimum Gasteiger partial charge on any atom is -0.382 e. The lowest BCUT2D eigenvalue weighted by molar-refractivity contribution is 0.0949. The Balaban J connectivity index is 2.89. The van der Waals surface area contributed by atoms with E-state index in [9.17, 15) is 4.79 Å². The molecule has 90 valence electrons. The molecule has 0 saturated carbocycles. The third-order valence-corrected chi connectivity index (χ3v) is 2.21. The molecule has 0 bridgehead atoms. The molecule has 0 aliphatic carbocycles. The SMILES string of the molecule is C#CC(C)NC(=O)c1ccccc1NC(C)C. The van der Waals surface area contributed by atoms with Crippen LogP contribution >= 0.6 is 0 Å². The number of hydrogen-bond acceptors (Lipinski definition) is 2. The summed E-state index contributed by atoms with van der Waals surface area (Å²) in [4.78, 5) is 12.0. The lowest BCUT2D eigenvalue weighted by atomic mass is 10.1. The van der Waals surface area contributed by atoms with Crippen molar-refractivity contribution in [2.24, 2.45) is 0 Å². The van der Waals surface area contributed by atoms with E-state index in [-0.39, 0.29) is 18.0 Å². The maximum absolute atomic E-state index is 12.0. The lowest BCUT2D eigenvalue weighted by Gasteiger charge is -2.15. The smallest absolute Gasteiger partial charge is 0.254 e. The Morgan fingerprint density at radius 2 is 1.94 bits per heavy atom. The van der Waals surface area contributed by atoms with Crippen LogP contribution in [0.1, 0.15) is 31.1 Å². The van der Waals surface area contributed by atoms with Crippen LogP contribution in [0, 0.1) is 12.3 Å². The van der Waals surface area contributed by atoms with Gasteiger partial charge >= 0.3 is 0 Å². The predicted molar refractivity (Wildman–Crippen MR) is 71.0 cm³/mol. The Bertz CT molecular complexity index is 432. The largest absolute Gasteiger partial charge is 0.382 e. The molecule has 0 radical (unpaired) electrons. The van der Waals surface area contributed by atoms with Crippen molar-refractivity contribution >= 4 is 11.6 Å². The fourth-order valence-corrected chi connectivity index (χ4v) is 1.43. The molecule has 0 heterocycles. The Hall–Kier alpha value is -1.95. The second kappa shape index (κ2) is 5.95. The number of carbonyl (C=O) groups excluding carboxylic acids is 1. The second-order valence-corrected chi connectivity index (χ2v) is 4.21. The number of hydrogen-bond donors (Lipinski definition) is 2. The zero-order valence-electron chi connectivity index (χ0n) is 10.4. The van der Waals surface area contributed by atoms with Crippen LogP contribution in [-0.2, 0) is 0 Å². The van der Waals surface area contributed by atoms with E-state index in [0.717, 1.165) is 5.69 Å². The summed E-state index contributed by atoms with van der Waals surface area (Å²) < 4.78 is 0. The van der Waals surface area contributed by atoms with Crippen LogP contribution in [0.3, 0.4) is 0 Å². The summed E-state index contributed by atoms with van der Waals surface area (Å²) in [6.45, 7) is 5.83. The van der Waals surface area contributed by atoms with Gasteiger partial charge in [-0.1, -0.05) is 18.1 Å². The van der Waals surface area contributed by atoms with E-state index >= 15 is 0 Å². The maximum atomic E-state index is 12.0. The predicted octanol–water partition coefficient (Wildman–Crippen LogP) is 2.26. The summed E-state index contributed by atoms with van der Waals surface area (Å²) in [5.41, 5.74) is 1.44. The zero-order chi connectivity index (χ0) is 12.8. The van der Waals surface area contributed by atoms with Crippen LogP contribution in [0.15, 0.2) is 24.3 Å². The number of terminal acetylenes is 1. The normalized spacial score (nSPS) is 11.7. The molecule has 1 aromatic rings. The zero-order valence-corrected chi connectivity index (χ0v) is 10.4. The number of rotatable bonds is 4. The highest BCUT2D eigenvalue weighted by atomic mass is 16.1. The van der Waals surface area contributed by atoms with E-state index in [2.05, 4.69) is 16.6 Å². The average Bonchev–Trinajstić information content (AvgIpc) is 2.28. The molecule has 0 saturated heterocycles. The van der Waals surface area contributed by atoms with Crippen molar-refractivity contribution in [2.75, 3.05) is 5.32 Å². The van der Waals surface area contributed by atoms with Crippen LogP contribution in [-0.4, -0.2) is 18.0 Å². The number of nitrogens with one attached hydrogen (secondary N) is 2. The van der Waals surface area contributed by atoms with Gasteiger partial charge in [-0.2, -0.15) is 0 Å². The van der Waals surface area contributed by atoms with Crippen LogP contribution < -0.4 is 10.6 Å². The van der Waals surface area contributed by atoms with Gasteiger partial charge in [0, 0.05) is 11.7 Å². The van der Waals surface area contributed by atoms with Gasteiger partial charge in [0.05, 0.1) is 11.6 Å². The summed E-state index contributed by atoms with van der Waals surface area (Å²) >= 11 is 0. The summed E-state index contributed by atoms with van der Waals surface area (Å²) in [5.74, 6) is 2.32. The number of amides is 1. The average molecular weight is 230 g/mol. The van der Waals surface area contributed by atoms with E-state index in [0.29, 0.717) is 5.56 Å². The molecular weight excluding hydrogens is 212 g/mol. The first-order chi connectivity index (χ1) is 8.04. The van der Waals surface area contributed by atoms with Crippen molar-refractivity contribution in [2.45, 2.75) is 32.9 Å². The molecule has 1 rings (SSSR count). The molecule has 3 nitrogen and oxygen atoms in total. The van der Waals surface area contributed by atoms with E-state index in [1.54, 1.807) is 13.0 Å². The molecule has 0 spiro atoms. The Morgan fingerprint density at radius 3 is 2.53 bits per heavy atom. The molecule has 0 aliphatic heterocycles. The Labute approximate surface area is 103 Å². The molecule has 0 fully saturated rings. The lowest BCUT2D eigenvalue weighted by Crippen LogP contribution is -2.32. The molecular formula is C14H18N2O. The van der Waals surface area contributed by atoms with Crippen molar-refractivity contribution in [3.63, 3.8) is 0 Å². The molecule has 1 amide bonds. The van der Waals surface area contributed by atoms with Gasteiger partial charge < -0.3 is 10.6 Å². The highest BCUT2D eigenvalue weighted by molar-refractivity contribution is 5.99. The van der Waals surface area contributed by atoms with Crippen LogP contribution in [0.5, 0.6) is 0 Å². The van der Waals surface area contributed by atoms with Gasteiger partial charge in [-0.3, -0.25) is 4.79 Å². The van der Waals surface area contributed by atoms with Crippen molar-refractivity contribution in [1.29, 1.82) is 0 Å². The summed E-state index contributed by atoms with van der Waals surface area (Å²) in [6, 6.07) is 7.40. The molecule has 1 atom stereocenters. The molecule has 0 aromatic heterocycles. The molecule has 0 aliphatic rings. The summed E-state index contributed by atoms with van der Waals surface area (Å²) in [5, 5.41) is 5.98. The minimum absolute atomic E-state index is 0.154. The second-order valence-electron chi connectivity index (χ2n) is 4.21. The van der Waals surface area contributed by atoms with Crippen LogP contribution in [0.2, 0.25) is 0 Å². The first-order valence-electron chi connectivity index (χ1n) is 5.67. The number of anilines is 1. The van der Waals surface area contributed by atoms with Crippen molar-refractivity contribution < 1.29 is 4.79 Å². The molecule has 1 aromatic carbocycles. The third-order valence-electron chi connectivity index (χ3n) is 2.21. The van der Waals surface area contributed by atoms with E-state index in [1.807, 2.05) is 32.0 Å². The van der Waals surface area contributed by atoms with Gasteiger partial charge in [0.2, 0.25) is 0 Å². The molecule has 17 heavy (non-hydrogen) atoms. The summed E-state index contributed by atoms with van der Waals surface area (Å²) in [7, 11) is 0. The van der Waals surface area contributed by atoms with Crippen LogP contribution in [0.4, 0.5) is 5.69 Å². The summed E-state index contributed by atoms with van der Waals surface area (Å²) in [6.07, 6.45) is 5.24. The van der Waals surface area contributed by atoms with Gasteiger partial charge in [-0.25, -0.2) is 0 Å². The number of para-hydroxylation sites is 1. The monoisotopic (exact) mass is 230 g/mol. The topological polar surface area (TPSA) is 41.1 Å². The van der Waals surface area contributed by atoms with Gasteiger partial charge in [-0.15, -0.1) is 6.42 Å². The van der Waals surface area contributed by atoms with Gasteiger partial charge in [0.15, 0.2) is 0 Å². The van der Waals surface area contributed by atoms with Gasteiger partial charge in [0.25, 0.3) is 5.91 Å². The quantitative estimate of drug-likeness (QED) is 0.779. The standard InChI is InChI=1S/C14H18N2O/c1-5-11(4)16-14(17)12-8-6-7-9-13(12)15-10(2)3/h1,6-11,15H,2-4H3,(H,16,17). The fraction of sp³-hybridized carbons (Fsp3) is 0.357. The molecule has 3 heteroatoms. The minimum atomic E-state index is -0.269. The highest BCUT2D eigenvalue weighted by Crippen LogP contribution is 2.16. The van der Waals surface area contributed by atoms with E-state index < -0.39 is 0 Å². The van der Waals surface area contributed by atoms with Gasteiger partial charge in [-0.05, 0) is 32.9 Å². The fourth-order valence-electron chi connectivity index (χ4n) is 1.43. The van der Waals surface area contributed by atoms with Crippen LogP contribution in [0.25, 0.3) is 0 Å². The first kappa shape index (κ1) is 13.1. The molecule has 1 unspecified atom stereocenters. The van der Waals surface area contributed by atoms with Crippen molar-refractivity contribution in [3.8, 4) is 12.3 Å². The Kier molecular flexibility index (Phi) is 4.59. The Morgan fingerprint density at radius 1 is 1.29 bits per heavy atom. The van der Waals surface area contributed by atoms with Gasteiger partial charge in [0.1, 0.15) is 0 Å². The maximum Gasteiger partial charge on any atom is 0.254 e. The molecule has 2 N–H and O–H groups in total. The number of carbonyl (C=O) groups is 1. The first-order valence-corrected chi connectivity index (χ1v) is 5.67. The number of benzene rings is 1. The van der Waals surface area contributed by atoms with E-state index in [1.165, 1.54) is 0 Å². The van der Waals surface area contributed by atoms with E-state index in [4.69, 9.17) is 6.42 Å². The van der Waals surface area contributed by atoms with Crippen molar-refractivity contribution in [3.05, 3.63) is 29.8 Å².